The van der Waals surface area contributed by atoms with Crippen LogP contribution in [0, 0.1) is 20.8 Å². The van der Waals surface area contributed by atoms with Gasteiger partial charge in [0.1, 0.15) is 17.4 Å². The number of nitrogens with zero attached hydrogens (tertiary/aromatic N) is 1. The van der Waals surface area contributed by atoms with E-state index in [1.54, 1.807) is 12.3 Å². The van der Waals surface area contributed by atoms with Gasteiger partial charge in [-0.25, -0.2) is 4.98 Å². The first-order valence-electron chi connectivity index (χ1n) is 10.0. The van der Waals surface area contributed by atoms with Crippen LogP contribution in [0.3, 0.4) is 0 Å². The summed E-state index contributed by atoms with van der Waals surface area (Å²) in [5, 5.41) is 5.38. The lowest BCUT2D eigenvalue weighted by molar-refractivity contribution is -0.152. The van der Waals surface area contributed by atoms with Crippen molar-refractivity contribution in [1.29, 1.82) is 0 Å². The number of rotatable bonds is 8. The Hall–Kier alpha value is -3.19. The molecule has 1 aromatic heterocycles. The number of hydrogen-bond donors (Lipinski definition) is 1. The molecule has 0 bridgehead atoms. The second-order valence-corrected chi connectivity index (χ2v) is 8.39. The third-order valence-corrected chi connectivity index (χ3v) is 5.51. The first kappa shape index (κ1) is 22.5. The van der Waals surface area contributed by atoms with Gasteiger partial charge in [0.2, 0.25) is 0 Å². The lowest BCUT2D eigenvalue weighted by Gasteiger charge is -2.15. The third-order valence-electron chi connectivity index (χ3n) is 4.64. The highest BCUT2D eigenvalue weighted by molar-refractivity contribution is 7.09. The molecule has 31 heavy (non-hydrogen) atoms. The largest absolute Gasteiger partial charge is 0.486 e. The number of esters is 1. The first-order valence-corrected chi connectivity index (χ1v) is 10.9. The van der Waals surface area contributed by atoms with Gasteiger partial charge in [-0.2, -0.15) is 0 Å². The van der Waals surface area contributed by atoms with E-state index >= 15 is 0 Å². The Labute approximate surface area is 186 Å². The van der Waals surface area contributed by atoms with E-state index in [-0.39, 0.29) is 12.3 Å². The lowest BCUT2D eigenvalue weighted by Crippen LogP contribution is -2.30. The first-order chi connectivity index (χ1) is 14.8. The lowest BCUT2D eigenvalue weighted by atomic mass is 10.1. The smallest absolute Gasteiger partial charge is 0.312 e. The number of carbonyl (C=O) groups excluding carboxylic acids is 2. The van der Waals surface area contributed by atoms with Crippen molar-refractivity contribution in [1.82, 2.24) is 4.98 Å². The fourth-order valence-corrected chi connectivity index (χ4v) is 3.53. The highest BCUT2D eigenvalue weighted by Gasteiger charge is 2.19. The molecule has 0 radical (unpaired) electrons. The topological polar surface area (TPSA) is 77.5 Å². The molecule has 0 fully saturated rings. The summed E-state index contributed by atoms with van der Waals surface area (Å²) in [6.07, 6.45) is -0.905. The van der Waals surface area contributed by atoms with E-state index < -0.39 is 12.1 Å². The molecule has 0 saturated heterocycles. The van der Waals surface area contributed by atoms with Crippen LogP contribution in [0.2, 0.25) is 0 Å². The predicted octanol–water partition coefficient (Wildman–Crippen LogP) is 4.76. The van der Waals surface area contributed by atoms with Crippen LogP contribution in [0.25, 0.3) is 0 Å². The molecule has 1 heterocycles. The Bertz CT molecular complexity index is 1060. The van der Waals surface area contributed by atoms with Gasteiger partial charge in [-0.3, -0.25) is 9.59 Å². The molecule has 6 nitrogen and oxygen atoms in total. The minimum Gasteiger partial charge on any atom is -0.486 e. The average Bonchev–Trinajstić information content (AvgIpc) is 3.17. The number of hydrogen-bond acceptors (Lipinski definition) is 6. The minimum absolute atomic E-state index is 0.00211. The van der Waals surface area contributed by atoms with Crippen LogP contribution in [0.4, 0.5) is 5.69 Å². The van der Waals surface area contributed by atoms with Gasteiger partial charge in [-0.1, -0.05) is 29.8 Å². The van der Waals surface area contributed by atoms with Crippen LogP contribution in [0.15, 0.2) is 47.8 Å². The van der Waals surface area contributed by atoms with Gasteiger partial charge in [0.05, 0.1) is 12.1 Å². The number of benzene rings is 2. The minimum atomic E-state index is -0.907. The molecule has 1 N–H and O–H groups in total. The molecule has 7 heteroatoms. The van der Waals surface area contributed by atoms with Crippen LogP contribution < -0.4 is 10.1 Å². The number of carbonyl (C=O) groups is 2. The van der Waals surface area contributed by atoms with Crippen molar-refractivity contribution in [2.45, 2.75) is 46.8 Å². The molecule has 0 aliphatic rings. The van der Waals surface area contributed by atoms with Crippen molar-refractivity contribution in [3.8, 4) is 5.75 Å². The van der Waals surface area contributed by atoms with E-state index in [1.165, 1.54) is 16.9 Å². The maximum absolute atomic E-state index is 12.4. The number of ether oxygens (including phenoxy) is 2. The van der Waals surface area contributed by atoms with Gasteiger partial charge < -0.3 is 14.8 Å². The van der Waals surface area contributed by atoms with E-state index in [2.05, 4.69) is 10.3 Å². The third kappa shape index (κ3) is 6.65. The number of amides is 1. The van der Waals surface area contributed by atoms with E-state index in [0.29, 0.717) is 18.0 Å². The molecule has 2 aromatic carbocycles. The van der Waals surface area contributed by atoms with Crippen LogP contribution in [-0.4, -0.2) is 23.0 Å². The van der Waals surface area contributed by atoms with E-state index in [1.807, 2.05) is 63.2 Å². The predicted molar refractivity (Wildman–Crippen MR) is 121 cm³/mol. The van der Waals surface area contributed by atoms with Gasteiger partial charge in [0.15, 0.2) is 6.10 Å². The summed E-state index contributed by atoms with van der Waals surface area (Å²) >= 11 is 1.42. The maximum Gasteiger partial charge on any atom is 0.312 e. The number of aromatic nitrogens is 1. The number of aryl methyl sites for hydroxylation is 3. The molecule has 0 aliphatic carbocycles. The molecule has 1 unspecified atom stereocenters. The summed E-state index contributed by atoms with van der Waals surface area (Å²) in [6.45, 7) is 7.77. The summed E-state index contributed by atoms with van der Waals surface area (Å²) in [5.74, 6) is -0.0992. The molecule has 0 aliphatic heterocycles. The second kappa shape index (κ2) is 10.2. The van der Waals surface area contributed by atoms with Crippen molar-refractivity contribution in [2.75, 3.05) is 5.32 Å². The quantitative estimate of drug-likeness (QED) is 0.513. The SMILES string of the molecule is Cc1ccc(OCc2nc(CC(=O)OC(C)C(=O)Nc3cc(C)ccc3C)cs2)cc1. The number of anilines is 1. The highest BCUT2D eigenvalue weighted by Crippen LogP contribution is 2.18. The molecular weight excluding hydrogens is 412 g/mol. The zero-order valence-corrected chi connectivity index (χ0v) is 18.9. The zero-order valence-electron chi connectivity index (χ0n) is 18.1. The summed E-state index contributed by atoms with van der Waals surface area (Å²) in [6, 6.07) is 13.6. The Morgan fingerprint density at radius 3 is 2.52 bits per heavy atom. The van der Waals surface area contributed by atoms with Crippen molar-refractivity contribution < 1.29 is 19.1 Å². The van der Waals surface area contributed by atoms with Gasteiger partial charge >= 0.3 is 5.97 Å². The Kier molecular flexibility index (Phi) is 7.41. The molecular formula is C24H26N2O4S. The molecule has 1 amide bonds. The molecule has 0 spiro atoms. The summed E-state index contributed by atoms with van der Waals surface area (Å²) < 4.78 is 11.0. The molecule has 1 atom stereocenters. The molecule has 3 aromatic rings. The van der Waals surface area contributed by atoms with Crippen molar-refractivity contribution in [3.05, 3.63) is 75.2 Å². The van der Waals surface area contributed by atoms with Crippen molar-refractivity contribution in [2.24, 2.45) is 0 Å². The van der Waals surface area contributed by atoms with E-state index in [0.717, 1.165) is 21.9 Å². The van der Waals surface area contributed by atoms with Crippen LogP contribution in [0.5, 0.6) is 5.75 Å². The Morgan fingerprint density at radius 1 is 1.06 bits per heavy atom. The number of nitrogens with one attached hydrogen (secondary N) is 1. The van der Waals surface area contributed by atoms with E-state index in [9.17, 15) is 9.59 Å². The normalized spacial score (nSPS) is 11.6. The monoisotopic (exact) mass is 438 g/mol. The summed E-state index contributed by atoms with van der Waals surface area (Å²) in [4.78, 5) is 29.1. The van der Waals surface area contributed by atoms with Gasteiger partial charge in [0.25, 0.3) is 5.91 Å². The van der Waals surface area contributed by atoms with Gasteiger partial charge in [-0.15, -0.1) is 11.3 Å². The average molecular weight is 439 g/mol. The highest BCUT2D eigenvalue weighted by atomic mass is 32.1. The van der Waals surface area contributed by atoms with Crippen LogP contribution >= 0.6 is 11.3 Å². The summed E-state index contributed by atoms with van der Waals surface area (Å²) in [5.41, 5.74) is 4.46. The van der Waals surface area contributed by atoms with E-state index in [4.69, 9.17) is 9.47 Å². The fourth-order valence-electron chi connectivity index (χ4n) is 2.82. The summed E-state index contributed by atoms with van der Waals surface area (Å²) in [7, 11) is 0. The Morgan fingerprint density at radius 2 is 1.77 bits per heavy atom. The molecule has 162 valence electrons. The van der Waals surface area contributed by atoms with Gasteiger partial charge in [-0.05, 0) is 57.0 Å². The van der Waals surface area contributed by atoms with Gasteiger partial charge in [0, 0.05) is 11.1 Å². The zero-order chi connectivity index (χ0) is 22.4. The standard InChI is InChI=1S/C24H26N2O4S/c1-15-6-9-20(10-7-15)29-13-22-25-19(14-31-22)12-23(27)30-18(4)24(28)26-21-11-16(2)5-8-17(21)3/h5-11,14,18H,12-13H2,1-4H3,(H,26,28). The van der Waals surface area contributed by atoms with Crippen molar-refractivity contribution in [3.63, 3.8) is 0 Å². The Balaban J connectivity index is 1.48. The molecule has 0 saturated carbocycles. The van der Waals surface area contributed by atoms with Crippen LogP contribution in [-0.2, 0) is 27.4 Å². The number of thiazole rings is 1. The van der Waals surface area contributed by atoms with Crippen LogP contribution in [0.1, 0.15) is 34.3 Å². The molecule has 3 rings (SSSR count). The van der Waals surface area contributed by atoms with Crippen molar-refractivity contribution >= 4 is 28.9 Å². The fraction of sp³-hybridized carbons (Fsp3) is 0.292. The maximum atomic E-state index is 12.4. The second-order valence-electron chi connectivity index (χ2n) is 7.45.